The first-order valence-electron chi connectivity index (χ1n) is 5.05. The third-order valence-electron chi connectivity index (χ3n) is 3.00. The number of hydrogen-bond donors (Lipinski definition) is 1. The first-order chi connectivity index (χ1) is 7.25. The van der Waals surface area contributed by atoms with E-state index in [9.17, 15) is 0 Å². The molecular formula is C10H11ClN4. The van der Waals surface area contributed by atoms with Gasteiger partial charge in [-0.3, -0.25) is 0 Å². The summed E-state index contributed by atoms with van der Waals surface area (Å²) in [5.74, 6) is 0.519. The third-order valence-corrected chi connectivity index (χ3v) is 3.19. The van der Waals surface area contributed by atoms with E-state index in [1.54, 1.807) is 16.9 Å². The van der Waals surface area contributed by atoms with Crippen LogP contribution in [-0.2, 0) is 0 Å². The Labute approximate surface area is 92.1 Å². The molecule has 0 amide bonds. The molecule has 2 heterocycles. The Kier molecular flexibility index (Phi) is 1.85. The van der Waals surface area contributed by atoms with Gasteiger partial charge in [-0.2, -0.15) is 5.10 Å². The fourth-order valence-corrected chi connectivity index (χ4v) is 2.07. The Morgan fingerprint density at radius 3 is 2.93 bits per heavy atom. The lowest BCUT2D eigenvalue weighted by Gasteiger charge is -2.23. The third kappa shape index (κ3) is 1.28. The Morgan fingerprint density at radius 2 is 2.27 bits per heavy atom. The molecule has 2 N–H and O–H groups in total. The number of aromatic nitrogens is 3. The number of nitrogens with two attached hydrogens (primary N) is 1. The van der Waals surface area contributed by atoms with E-state index in [1.807, 2.05) is 0 Å². The zero-order valence-electron chi connectivity index (χ0n) is 8.15. The van der Waals surface area contributed by atoms with E-state index in [4.69, 9.17) is 17.3 Å². The minimum Gasteiger partial charge on any atom is -0.394 e. The number of rotatable bonds is 1. The van der Waals surface area contributed by atoms with E-state index in [-0.39, 0.29) is 0 Å². The molecule has 0 aromatic carbocycles. The van der Waals surface area contributed by atoms with Gasteiger partial charge in [-0.1, -0.05) is 18.0 Å². The van der Waals surface area contributed by atoms with Gasteiger partial charge in [-0.15, -0.1) is 0 Å². The molecule has 0 bridgehead atoms. The van der Waals surface area contributed by atoms with Gasteiger partial charge in [0.1, 0.15) is 5.69 Å². The van der Waals surface area contributed by atoms with Gasteiger partial charge in [0, 0.05) is 12.1 Å². The van der Waals surface area contributed by atoms with Crippen LogP contribution in [0.3, 0.4) is 0 Å². The van der Waals surface area contributed by atoms with Crippen LogP contribution in [0.4, 0.5) is 5.69 Å². The minimum absolute atomic E-state index is 0.519. The Bertz CT molecular complexity index is 515. The van der Waals surface area contributed by atoms with Crippen molar-refractivity contribution in [1.29, 1.82) is 0 Å². The highest BCUT2D eigenvalue weighted by Crippen LogP contribution is 2.39. The second-order valence-electron chi connectivity index (χ2n) is 3.97. The highest BCUT2D eigenvalue weighted by Gasteiger charge is 2.25. The van der Waals surface area contributed by atoms with Crippen molar-refractivity contribution in [3.63, 3.8) is 0 Å². The summed E-state index contributed by atoms with van der Waals surface area (Å²) in [6.45, 7) is 0. The largest absolute Gasteiger partial charge is 0.394 e. The summed E-state index contributed by atoms with van der Waals surface area (Å²) >= 11 is 5.84. The number of nitrogen functional groups attached to an aromatic ring is 1. The second-order valence-corrected chi connectivity index (χ2v) is 4.40. The molecule has 0 unspecified atom stereocenters. The first kappa shape index (κ1) is 8.97. The zero-order chi connectivity index (χ0) is 10.4. The fraction of sp³-hybridized carbons (Fsp3) is 0.400. The normalized spacial score (nSPS) is 16.9. The van der Waals surface area contributed by atoms with Gasteiger partial charge in [0.05, 0.1) is 16.9 Å². The number of fused-ring (bicyclic) bond motifs is 1. The molecule has 1 aliphatic rings. The van der Waals surface area contributed by atoms with Crippen molar-refractivity contribution in [2.75, 3.05) is 5.73 Å². The monoisotopic (exact) mass is 222 g/mol. The molecule has 2 aromatic heterocycles. The van der Waals surface area contributed by atoms with E-state index >= 15 is 0 Å². The van der Waals surface area contributed by atoms with Gasteiger partial charge < -0.3 is 5.73 Å². The highest BCUT2D eigenvalue weighted by atomic mass is 35.5. The molecule has 78 valence electrons. The van der Waals surface area contributed by atoms with Crippen molar-refractivity contribution in [2.24, 2.45) is 0 Å². The smallest absolute Gasteiger partial charge is 0.178 e. The van der Waals surface area contributed by atoms with Crippen LogP contribution >= 0.6 is 11.6 Å². The van der Waals surface area contributed by atoms with Gasteiger partial charge in [-0.25, -0.2) is 9.50 Å². The van der Waals surface area contributed by atoms with E-state index in [2.05, 4.69) is 10.1 Å². The molecule has 2 aromatic rings. The maximum atomic E-state index is 6.01. The average Bonchev–Trinajstić information content (AvgIpc) is 2.41. The van der Waals surface area contributed by atoms with Crippen LogP contribution < -0.4 is 5.73 Å². The summed E-state index contributed by atoms with van der Waals surface area (Å²) in [5, 5.41) is 5.01. The van der Waals surface area contributed by atoms with Crippen LogP contribution in [0.5, 0.6) is 0 Å². The van der Waals surface area contributed by atoms with Crippen LogP contribution in [0.1, 0.15) is 30.9 Å². The molecule has 0 aliphatic heterocycles. The standard InChI is InChI=1S/C10H11ClN4/c11-7-4-13-10-8(12)9(6-2-1-3-6)14-15(10)5-7/h4-6H,1-3,12H2. The van der Waals surface area contributed by atoms with Crippen molar-refractivity contribution in [1.82, 2.24) is 14.6 Å². The Morgan fingerprint density at radius 1 is 1.47 bits per heavy atom. The molecule has 1 fully saturated rings. The highest BCUT2D eigenvalue weighted by molar-refractivity contribution is 6.30. The van der Waals surface area contributed by atoms with E-state index in [1.165, 1.54) is 19.3 Å². The predicted molar refractivity (Wildman–Crippen MR) is 59.0 cm³/mol. The van der Waals surface area contributed by atoms with E-state index < -0.39 is 0 Å². The number of nitrogens with zero attached hydrogens (tertiary/aromatic N) is 3. The van der Waals surface area contributed by atoms with E-state index in [0.717, 1.165) is 5.69 Å². The zero-order valence-corrected chi connectivity index (χ0v) is 8.91. The maximum absolute atomic E-state index is 6.01. The minimum atomic E-state index is 0.519. The second kappa shape index (κ2) is 3.10. The van der Waals surface area contributed by atoms with Crippen molar-refractivity contribution in [3.8, 4) is 0 Å². The summed E-state index contributed by atoms with van der Waals surface area (Å²) in [6.07, 6.45) is 6.97. The lowest BCUT2D eigenvalue weighted by Crippen LogP contribution is -2.11. The molecule has 5 heteroatoms. The lowest BCUT2D eigenvalue weighted by molar-refractivity contribution is 0.410. The summed E-state index contributed by atoms with van der Waals surface area (Å²) < 4.78 is 1.67. The topological polar surface area (TPSA) is 56.2 Å². The van der Waals surface area contributed by atoms with Gasteiger partial charge in [0.2, 0.25) is 0 Å². The van der Waals surface area contributed by atoms with E-state index in [0.29, 0.717) is 22.3 Å². The quantitative estimate of drug-likeness (QED) is 0.805. The van der Waals surface area contributed by atoms with Crippen molar-refractivity contribution in [3.05, 3.63) is 23.1 Å². The van der Waals surface area contributed by atoms with Crippen molar-refractivity contribution in [2.45, 2.75) is 25.2 Å². The predicted octanol–water partition coefficient (Wildman–Crippen LogP) is 2.23. The van der Waals surface area contributed by atoms with Gasteiger partial charge in [0.15, 0.2) is 5.65 Å². The molecule has 4 nitrogen and oxygen atoms in total. The molecule has 0 spiro atoms. The SMILES string of the molecule is Nc1c(C2CCC2)nn2cc(Cl)cnc12. The maximum Gasteiger partial charge on any atom is 0.178 e. The van der Waals surface area contributed by atoms with Crippen LogP contribution in [0.15, 0.2) is 12.4 Å². The first-order valence-corrected chi connectivity index (χ1v) is 5.43. The molecule has 1 aliphatic carbocycles. The van der Waals surface area contributed by atoms with Gasteiger partial charge in [-0.05, 0) is 12.8 Å². The molecule has 0 saturated heterocycles. The molecule has 3 rings (SSSR count). The van der Waals surface area contributed by atoms with Gasteiger partial charge in [0.25, 0.3) is 0 Å². The molecule has 0 atom stereocenters. The summed E-state index contributed by atoms with van der Waals surface area (Å²) in [7, 11) is 0. The van der Waals surface area contributed by atoms with Crippen LogP contribution in [-0.4, -0.2) is 14.6 Å². The number of hydrogen-bond acceptors (Lipinski definition) is 3. The summed E-state index contributed by atoms with van der Waals surface area (Å²) in [5.41, 5.74) is 8.41. The average molecular weight is 223 g/mol. The van der Waals surface area contributed by atoms with Crippen LogP contribution in [0, 0.1) is 0 Å². The van der Waals surface area contributed by atoms with Gasteiger partial charge >= 0.3 is 0 Å². The lowest BCUT2D eigenvalue weighted by atomic mass is 9.82. The van der Waals surface area contributed by atoms with Crippen molar-refractivity contribution >= 4 is 22.9 Å². The summed E-state index contributed by atoms with van der Waals surface area (Å²) in [6, 6.07) is 0. The summed E-state index contributed by atoms with van der Waals surface area (Å²) in [4.78, 5) is 4.19. The molecule has 15 heavy (non-hydrogen) atoms. The number of halogens is 1. The Balaban J connectivity index is 2.19. The molecule has 0 radical (unpaired) electrons. The Hall–Kier alpha value is -1.29. The van der Waals surface area contributed by atoms with Crippen LogP contribution in [0.25, 0.3) is 5.65 Å². The number of anilines is 1. The van der Waals surface area contributed by atoms with Crippen molar-refractivity contribution < 1.29 is 0 Å². The molecule has 1 saturated carbocycles. The van der Waals surface area contributed by atoms with Crippen LogP contribution in [0.2, 0.25) is 5.02 Å². The fourth-order valence-electron chi connectivity index (χ4n) is 1.93. The molecular weight excluding hydrogens is 212 g/mol.